The maximum absolute atomic E-state index is 11.9. The molecule has 1 rings (SSSR count). The SMILES string of the molecule is COC1OC(CO[Si](C)(C)C)C(OC(C)=O)C(O[Si](C)(C)C)C1O[Si](C)(C)C. The van der Waals surface area contributed by atoms with E-state index in [0.717, 1.165) is 0 Å². The number of carbonyl (C=O) groups is 1. The summed E-state index contributed by atoms with van der Waals surface area (Å²) in [7, 11) is -4.12. The van der Waals surface area contributed by atoms with Gasteiger partial charge in [-0.3, -0.25) is 4.79 Å². The third-order valence-corrected chi connectivity index (χ3v) is 6.78. The van der Waals surface area contributed by atoms with E-state index in [2.05, 4.69) is 58.9 Å². The van der Waals surface area contributed by atoms with Crippen LogP contribution in [0.15, 0.2) is 0 Å². The molecule has 10 heteroatoms. The van der Waals surface area contributed by atoms with Crippen molar-refractivity contribution in [3.05, 3.63) is 0 Å². The summed E-state index contributed by atoms with van der Waals surface area (Å²) in [5.41, 5.74) is 0. The second-order valence-corrected chi connectivity index (χ2v) is 23.6. The maximum Gasteiger partial charge on any atom is 0.303 e. The zero-order valence-electron chi connectivity index (χ0n) is 19.5. The Kier molecular flexibility index (Phi) is 9.10. The van der Waals surface area contributed by atoms with Crippen LogP contribution in [0.2, 0.25) is 58.9 Å². The topological polar surface area (TPSA) is 72.5 Å². The molecule has 0 aliphatic carbocycles. The molecule has 1 fully saturated rings. The molecule has 0 aromatic rings. The van der Waals surface area contributed by atoms with Crippen molar-refractivity contribution in [1.82, 2.24) is 0 Å². The van der Waals surface area contributed by atoms with Crippen LogP contribution in [0.3, 0.4) is 0 Å². The Hall–Kier alpha value is -0.0794. The van der Waals surface area contributed by atoms with E-state index in [4.69, 9.17) is 27.5 Å². The van der Waals surface area contributed by atoms with E-state index in [1.165, 1.54) is 6.92 Å². The first-order valence-corrected chi connectivity index (χ1v) is 20.1. The van der Waals surface area contributed by atoms with Crippen molar-refractivity contribution in [1.29, 1.82) is 0 Å². The van der Waals surface area contributed by atoms with Gasteiger partial charge in [0.05, 0.1) is 6.61 Å². The van der Waals surface area contributed by atoms with Gasteiger partial charge in [-0.1, -0.05) is 0 Å². The number of hydrogen-bond donors (Lipinski definition) is 0. The van der Waals surface area contributed by atoms with Crippen LogP contribution in [-0.2, 0) is 32.3 Å². The number of ether oxygens (including phenoxy) is 3. The Bertz CT molecular complexity index is 511. The van der Waals surface area contributed by atoms with Crippen molar-refractivity contribution >= 4 is 30.9 Å². The fourth-order valence-corrected chi connectivity index (χ4v) is 5.76. The van der Waals surface area contributed by atoms with Crippen LogP contribution >= 0.6 is 0 Å². The van der Waals surface area contributed by atoms with Gasteiger partial charge in [-0.15, -0.1) is 0 Å². The molecule has 1 saturated heterocycles. The summed E-state index contributed by atoms with van der Waals surface area (Å²) in [6.45, 7) is 20.7. The Morgan fingerprint density at radius 2 is 1.32 bits per heavy atom. The quantitative estimate of drug-likeness (QED) is 0.391. The van der Waals surface area contributed by atoms with Crippen LogP contribution < -0.4 is 0 Å². The van der Waals surface area contributed by atoms with Crippen molar-refractivity contribution in [3.8, 4) is 0 Å². The third-order valence-electron chi connectivity index (χ3n) is 3.79. The molecule has 7 nitrogen and oxygen atoms in total. The number of rotatable bonds is 9. The van der Waals surface area contributed by atoms with Gasteiger partial charge in [0.25, 0.3) is 0 Å². The predicted octanol–water partition coefficient (Wildman–Crippen LogP) is 3.58. The fraction of sp³-hybridized carbons (Fsp3) is 0.944. The molecule has 28 heavy (non-hydrogen) atoms. The minimum atomic E-state index is -1.99. The highest BCUT2D eigenvalue weighted by molar-refractivity contribution is 6.70. The number of esters is 1. The highest BCUT2D eigenvalue weighted by Crippen LogP contribution is 2.33. The van der Waals surface area contributed by atoms with E-state index < -0.39 is 55.7 Å². The van der Waals surface area contributed by atoms with Gasteiger partial charge >= 0.3 is 5.97 Å². The largest absolute Gasteiger partial charge is 0.457 e. The van der Waals surface area contributed by atoms with Crippen LogP contribution in [0.1, 0.15) is 6.92 Å². The first-order chi connectivity index (χ1) is 12.5. The minimum Gasteiger partial charge on any atom is -0.457 e. The van der Waals surface area contributed by atoms with Crippen molar-refractivity contribution in [2.24, 2.45) is 0 Å². The van der Waals surface area contributed by atoms with E-state index in [-0.39, 0.29) is 5.97 Å². The standard InChI is InChI=1S/C18H40O7Si3/c1-13(19)22-15-14(12-21-26(3,4)5)23-18(20-2)17(25-28(9,10)11)16(15)24-27(6,7)8/h14-18H,12H2,1-11H3. The fourth-order valence-electron chi connectivity index (χ4n) is 2.94. The van der Waals surface area contributed by atoms with Gasteiger partial charge in [0.15, 0.2) is 37.3 Å². The average Bonchev–Trinajstić information content (AvgIpc) is 2.45. The highest BCUT2D eigenvalue weighted by atomic mass is 28.4. The van der Waals surface area contributed by atoms with E-state index in [0.29, 0.717) is 6.61 Å². The van der Waals surface area contributed by atoms with Crippen LogP contribution in [-0.4, -0.2) is 75.3 Å². The Balaban J connectivity index is 3.28. The first-order valence-electron chi connectivity index (χ1n) is 9.87. The van der Waals surface area contributed by atoms with Gasteiger partial charge in [0.2, 0.25) is 0 Å². The van der Waals surface area contributed by atoms with Crippen molar-refractivity contribution < 1.29 is 32.3 Å². The van der Waals surface area contributed by atoms with Crippen molar-refractivity contribution in [2.45, 2.75) is 96.6 Å². The second kappa shape index (κ2) is 9.82. The van der Waals surface area contributed by atoms with Crippen molar-refractivity contribution in [3.63, 3.8) is 0 Å². The molecule has 0 aromatic carbocycles. The van der Waals surface area contributed by atoms with Crippen LogP contribution in [0.25, 0.3) is 0 Å². The molecule has 0 saturated carbocycles. The molecule has 1 heterocycles. The third kappa shape index (κ3) is 9.16. The van der Waals surface area contributed by atoms with E-state index in [9.17, 15) is 4.79 Å². The number of methoxy groups -OCH3 is 1. The van der Waals surface area contributed by atoms with E-state index >= 15 is 0 Å². The van der Waals surface area contributed by atoms with Gasteiger partial charge in [-0.2, -0.15) is 0 Å². The maximum atomic E-state index is 11.9. The summed E-state index contributed by atoms with van der Waals surface area (Å²) in [5.74, 6) is -0.376. The van der Waals surface area contributed by atoms with Gasteiger partial charge < -0.3 is 27.5 Å². The predicted molar refractivity (Wildman–Crippen MR) is 117 cm³/mol. The lowest BCUT2D eigenvalue weighted by Gasteiger charge is -2.48. The molecule has 0 N–H and O–H groups in total. The molecule has 0 aromatic heterocycles. The molecule has 1 aliphatic rings. The van der Waals surface area contributed by atoms with E-state index in [1.54, 1.807) is 7.11 Å². The molecule has 0 bridgehead atoms. The van der Waals surface area contributed by atoms with Gasteiger partial charge in [0.1, 0.15) is 18.3 Å². The van der Waals surface area contributed by atoms with Crippen LogP contribution in [0.4, 0.5) is 0 Å². The molecule has 166 valence electrons. The highest BCUT2D eigenvalue weighted by Gasteiger charge is 2.52. The van der Waals surface area contributed by atoms with Gasteiger partial charge in [-0.25, -0.2) is 0 Å². The zero-order chi connectivity index (χ0) is 21.9. The molecule has 0 spiro atoms. The van der Waals surface area contributed by atoms with Crippen molar-refractivity contribution in [2.75, 3.05) is 13.7 Å². The summed E-state index contributed by atoms with van der Waals surface area (Å²) >= 11 is 0. The number of hydrogen-bond acceptors (Lipinski definition) is 7. The average molecular weight is 453 g/mol. The Morgan fingerprint density at radius 1 is 0.821 bits per heavy atom. The summed E-state index contributed by atoms with van der Waals surface area (Å²) < 4.78 is 36.5. The zero-order valence-corrected chi connectivity index (χ0v) is 22.5. The normalized spacial score (nSPS) is 29.6. The molecular formula is C18H40O7Si3. The monoisotopic (exact) mass is 452 g/mol. The second-order valence-electron chi connectivity index (χ2n) is 10.2. The Labute approximate surface area is 173 Å². The summed E-state index contributed by atoms with van der Waals surface area (Å²) in [5, 5.41) is 0. The van der Waals surface area contributed by atoms with Gasteiger partial charge in [0, 0.05) is 14.0 Å². The summed E-state index contributed by atoms with van der Waals surface area (Å²) in [6, 6.07) is 0. The number of carbonyl (C=O) groups excluding carboxylic acids is 1. The lowest BCUT2D eigenvalue weighted by Crippen LogP contribution is -2.65. The van der Waals surface area contributed by atoms with Gasteiger partial charge in [-0.05, 0) is 58.9 Å². The smallest absolute Gasteiger partial charge is 0.303 e. The van der Waals surface area contributed by atoms with Crippen LogP contribution in [0, 0.1) is 0 Å². The first kappa shape index (κ1) is 26.0. The molecular weight excluding hydrogens is 412 g/mol. The molecule has 0 amide bonds. The molecule has 0 radical (unpaired) electrons. The molecule has 5 unspecified atom stereocenters. The van der Waals surface area contributed by atoms with Crippen LogP contribution in [0.5, 0.6) is 0 Å². The lowest BCUT2D eigenvalue weighted by molar-refractivity contribution is -0.289. The lowest BCUT2D eigenvalue weighted by atomic mass is 9.99. The van der Waals surface area contributed by atoms with E-state index in [1.807, 2.05) is 0 Å². The minimum absolute atomic E-state index is 0.318. The Morgan fingerprint density at radius 3 is 1.71 bits per heavy atom. The molecule has 5 atom stereocenters. The summed E-state index contributed by atoms with van der Waals surface area (Å²) in [6.07, 6.45) is -2.67. The summed E-state index contributed by atoms with van der Waals surface area (Å²) in [4.78, 5) is 11.9. The molecule has 1 aliphatic heterocycles.